The van der Waals surface area contributed by atoms with Crippen LogP contribution in [-0.2, 0) is 9.59 Å². The van der Waals surface area contributed by atoms with Crippen molar-refractivity contribution in [2.24, 2.45) is 0 Å². The first-order chi connectivity index (χ1) is 10.0. The highest BCUT2D eigenvalue weighted by Crippen LogP contribution is 2.24. The summed E-state index contributed by atoms with van der Waals surface area (Å²) in [6.45, 7) is 2.58. The van der Waals surface area contributed by atoms with Gasteiger partial charge in [0.25, 0.3) is 5.91 Å². The molecule has 0 aliphatic heterocycles. The fraction of sp³-hybridized carbons (Fsp3) is 0.333. The first-order valence-electron chi connectivity index (χ1n) is 6.63. The Kier molecular flexibility index (Phi) is 7.53. The summed E-state index contributed by atoms with van der Waals surface area (Å²) in [7, 11) is 0. The molecule has 1 amide bonds. The van der Waals surface area contributed by atoms with Crippen LogP contribution < -0.4 is 10.1 Å². The van der Waals surface area contributed by atoms with Gasteiger partial charge in [0.1, 0.15) is 5.75 Å². The van der Waals surface area contributed by atoms with Gasteiger partial charge in [-0.2, -0.15) is 0 Å². The van der Waals surface area contributed by atoms with E-state index in [-0.39, 0.29) is 12.5 Å². The summed E-state index contributed by atoms with van der Waals surface area (Å²) < 4.78 is 6.24. The average Bonchev–Trinajstić information content (AvgIpc) is 2.44. The van der Waals surface area contributed by atoms with Crippen LogP contribution in [-0.4, -0.2) is 30.1 Å². The Morgan fingerprint density at radius 1 is 1.43 bits per heavy atom. The number of halogens is 1. The molecule has 0 saturated heterocycles. The second-order valence-corrected chi connectivity index (χ2v) is 5.26. The van der Waals surface area contributed by atoms with E-state index in [0.29, 0.717) is 17.9 Å². The number of carbonyl (C=O) groups is 2. The first-order valence-corrected chi connectivity index (χ1v) is 7.42. The third-order valence-electron chi connectivity index (χ3n) is 2.59. The molecule has 1 aromatic rings. The second kappa shape index (κ2) is 9.18. The molecule has 6 heteroatoms. The van der Waals surface area contributed by atoms with E-state index >= 15 is 0 Å². The van der Waals surface area contributed by atoms with E-state index in [1.165, 1.54) is 6.08 Å². The SMILES string of the molecule is CCCCNC(=O)COc1ccc(Br)cc1C=CC(=O)O. The number of carboxylic acids is 1. The van der Waals surface area contributed by atoms with E-state index in [1.54, 1.807) is 18.2 Å². The van der Waals surface area contributed by atoms with Crippen LogP contribution in [0.4, 0.5) is 0 Å². The van der Waals surface area contributed by atoms with Crippen LogP contribution in [0, 0.1) is 0 Å². The fourth-order valence-corrected chi connectivity index (χ4v) is 1.92. The van der Waals surface area contributed by atoms with Crippen molar-refractivity contribution in [3.8, 4) is 5.75 Å². The largest absolute Gasteiger partial charge is 0.483 e. The monoisotopic (exact) mass is 355 g/mol. The van der Waals surface area contributed by atoms with Gasteiger partial charge in [0.2, 0.25) is 0 Å². The maximum atomic E-state index is 11.6. The van der Waals surface area contributed by atoms with E-state index in [1.807, 2.05) is 6.92 Å². The van der Waals surface area contributed by atoms with Crippen molar-refractivity contribution in [2.75, 3.05) is 13.2 Å². The lowest BCUT2D eigenvalue weighted by Gasteiger charge is -2.10. The zero-order chi connectivity index (χ0) is 15.7. The molecule has 2 N–H and O–H groups in total. The van der Waals surface area contributed by atoms with Crippen LogP contribution in [0.25, 0.3) is 6.08 Å². The van der Waals surface area contributed by atoms with Gasteiger partial charge in [0.05, 0.1) is 0 Å². The Balaban J connectivity index is 2.65. The molecule has 21 heavy (non-hydrogen) atoms. The van der Waals surface area contributed by atoms with Crippen molar-refractivity contribution in [3.63, 3.8) is 0 Å². The van der Waals surface area contributed by atoms with Crippen molar-refractivity contribution in [1.82, 2.24) is 5.32 Å². The van der Waals surface area contributed by atoms with E-state index < -0.39 is 5.97 Å². The number of ether oxygens (including phenoxy) is 1. The minimum atomic E-state index is -1.04. The molecule has 5 nitrogen and oxygen atoms in total. The van der Waals surface area contributed by atoms with Gasteiger partial charge in [0.15, 0.2) is 6.61 Å². The minimum Gasteiger partial charge on any atom is -0.483 e. The fourth-order valence-electron chi connectivity index (χ4n) is 1.54. The zero-order valence-electron chi connectivity index (χ0n) is 11.8. The highest BCUT2D eigenvalue weighted by atomic mass is 79.9. The number of carbonyl (C=O) groups excluding carboxylic acids is 1. The van der Waals surface area contributed by atoms with Gasteiger partial charge in [-0.05, 0) is 30.7 Å². The van der Waals surface area contributed by atoms with Gasteiger partial charge < -0.3 is 15.2 Å². The summed E-state index contributed by atoms with van der Waals surface area (Å²) in [4.78, 5) is 22.2. The van der Waals surface area contributed by atoms with Gasteiger partial charge in [-0.15, -0.1) is 0 Å². The summed E-state index contributed by atoms with van der Waals surface area (Å²) in [6, 6.07) is 5.18. The van der Waals surface area contributed by atoms with Crippen molar-refractivity contribution in [3.05, 3.63) is 34.3 Å². The minimum absolute atomic E-state index is 0.0980. The van der Waals surface area contributed by atoms with Crippen LogP contribution >= 0.6 is 15.9 Å². The van der Waals surface area contributed by atoms with Gasteiger partial charge in [-0.25, -0.2) is 4.79 Å². The molecular formula is C15H18BrNO4. The standard InChI is InChI=1S/C15H18BrNO4/c1-2-3-8-17-14(18)10-21-13-6-5-12(16)9-11(13)4-7-15(19)20/h4-7,9H,2-3,8,10H2,1H3,(H,17,18)(H,19,20). The lowest BCUT2D eigenvalue weighted by molar-refractivity contribution is -0.131. The molecule has 1 rings (SSSR count). The summed E-state index contributed by atoms with van der Waals surface area (Å²) in [5.74, 6) is -0.779. The van der Waals surface area contributed by atoms with Gasteiger partial charge >= 0.3 is 5.97 Å². The zero-order valence-corrected chi connectivity index (χ0v) is 13.4. The molecule has 0 unspecified atom stereocenters. The van der Waals surface area contributed by atoms with Crippen molar-refractivity contribution in [1.29, 1.82) is 0 Å². The molecule has 0 aliphatic carbocycles. The number of carboxylic acid groups (broad SMARTS) is 1. The number of benzene rings is 1. The molecule has 0 saturated carbocycles. The molecule has 0 atom stereocenters. The number of hydrogen-bond donors (Lipinski definition) is 2. The Labute approximate surface area is 132 Å². The smallest absolute Gasteiger partial charge is 0.328 e. The number of hydrogen-bond acceptors (Lipinski definition) is 3. The Hall–Kier alpha value is -1.82. The molecule has 0 aliphatic rings. The topological polar surface area (TPSA) is 75.6 Å². The number of rotatable bonds is 8. The van der Waals surface area contributed by atoms with Crippen LogP contribution in [0.1, 0.15) is 25.3 Å². The summed E-state index contributed by atoms with van der Waals surface area (Å²) >= 11 is 3.31. The number of amides is 1. The lowest BCUT2D eigenvalue weighted by atomic mass is 10.2. The van der Waals surface area contributed by atoms with Crippen molar-refractivity contribution in [2.45, 2.75) is 19.8 Å². The maximum absolute atomic E-state index is 11.6. The third kappa shape index (κ3) is 6.94. The van der Waals surface area contributed by atoms with E-state index in [9.17, 15) is 9.59 Å². The average molecular weight is 356 g/mol. The molecule has 1 aromatic carbocycles. The Bertz CT molecular complexity index is 528. The van der Waals surface area contributed by atoms with E-state index in [2.05, 4.69) is 21.2 Å². The molecule has 114 valence electrons. The van der Waals surface area contributed by atoms with Crippen LogP contribution in [0.5, 0.6) is 5.75 Å². The second-order valence-electron chi connectivity index (χ2n) is 4.35. The lowest BCUT2D eigenvalue weighted by Crippen LogP contribution is -2.29. The summed E-state index contributed by atoms with van der Waals surface area (Å²) in [5.41, 5.74) is 0.591. The Morgan fingerprint density at radius 3 is 2.86 bits per heavy atom. The normalized spacial score (nSPS) is 10.6. The number of aliphatic carboxylic acids is 1. The predicted octanol–water partition coefficient (Wildman–Crippen LogP) is 2.84. The summed E-state index contributed by atoms with van der Waals surface area (Å²) in [6.07, 6.45) is 4.39. The van der Waals surface area contributed by atoms with Gasteiger partial charge in [-0.3, -0.25) is 4.79 Å². The predicted molar refractivity (Wildman–Crippen MR) is 84.2 cm³/mol. The maximum Gasteiger partial charge on any atom is 0.328 e. The van der Waals surface area contributed by atoms with E-state index in [4.69, 9.17) is 9.84 Å². The summed E-state index contributed by atoms with van der Waals surface area (Å²) in [5, 5.41) is 11.4. The van der Waals surface area contributed by atoms with Gasteiger partial charge in [-0.1, -0.05) is 29.3 Å². The quantitative estimate of drug-likeness (QED) is 0.555. The molecule has 0 fully saturated rings. The molecular weight excluding hydrogens is 338 g/mol. The highest BCUT2D eigenvalue weighted by Gasteiger charge is 2.06. The Morgan fingerprint density at radius 2 is 2.19 bits per heavy atom. The van der Waals surface area contributed by atoms with E-state index in [0.717, 1.165) is 23.4 Å². The van der Waals surface area contributed by atoms with Crippen LogP contribution in [0.3, 0.4) is 0 Å². The number of nitrogens with one attached hydrogen (secondary N) is 1. The molecule has 0 spiro atoms. The number of unbranched alkanes of at least 4 members (excludes halogenated alkanes) is 1. The van der Waals surface area contributed by atoms with Crippen LogP contribution in [0.15, 0.2) is 28.7 Å². The third-order valence-corrected chi connectivity index (χ3v) is 3.08. The molecule has 0 aromatic heterocycles. The molecule has 0 heterocycles. The molecule has 0 radical (unpaired) electrons. The highest BCUT2D eigenvalue weighted by molar-refractivity contribution is 9.10. The first kappa shape index (κ1) is 17.2. The van der Waals surface area contributed by atoms with Crippen molar-refractivity contribution >= 4 is 33.9 Å². The van der Waals surface area contributed by atoms with Gasteiger partial charge in [0, 0.05) is 22.7 Å². The van der Waals surface area contributed by atoms with Crippen molar-refractivity contribution < 1.29 is 19.4 Å². The van der Waals surface area contributed by atoms with Crippen LogP contribution in [0.2, 0.25) is 0 Å². The molecule has 0 bridgehead atoms.